The Bertz CT molecular complexity index is 886. The van der Waals surface area contributed by atoms with E-state index >= 15 is 0 Å². The van der Waals surface area contributed by atoms with Gasteiger partial charge in [0.25, 0.3) is 0 Å². The third-order valence-corrected chi connectivity index (χ3v) is 5.41. The molecule has 0 aromatic heterocycles. The standard InChI is InChI=1S/C26H29F2NO/c1-30-17-16-29(20-21-8-4-2-5-9-21)15-14-23(22-10-6-3-7-11-22)18-24-12-13-25(27)19-26(24)28/h2-13,19,23H,14-18,20H2,1H3. The molecule has 3 aromatic rings. The summed E-state index contributed by atoms with van der Waals surface area (Å²) in [4.78, 5) is 2.37. The second-order valence-electron chi connectivity index (χ2n) is 7.59. The molecule has 4 heteroatoms. The average Bonchev–Trinajstić information content (AvgIpc) is 2.77. The number of halogens is 2. The summed E-state index contributed by atoms with van der Waals surface area (Å²) in [5, 5.41) is 0. The quantitative estimate of drug-likeness (QED) is 0.395. The smallest absolute Gasteiger partial charge is 0.129 e. The van der Waals surface area contributed by atoms with Crippen LogP contribution in [0.15, 0.2) is 78.9 Å². The molecule has 0 spiro atoms. The molecule has 0 aliphatic rings. The fourth-order valence-electron chi connectivity index (χ4n) is 3.73. The lowest BCUT2D eigenvalue weighted by Crippen LogP contribution is -2.29. The predicted molar refractivity (Wildman–Crippen MR) is 117 cm³/mol. The molecule has 0 aliphatic carbocycles. The van der Waals surface area contributed by atoms with Crippen molar-refractivity contribution in [1.29, 1.82) is 0 Å². The number of hydrogen-bond acceptors (Lipinski definition) is 2. The SMILES string of the molecule is COCCN(CCC(Cc1ccc(F)cc1F)c1ccccc1)Cc1ccccc1. The van der Waals surface area contributed by atoms with Crippen molar-refractivity contribution in [2.75, 3.05) is 26.8 Å². The predicted octanol–water partition coefficient (Wildman–Crippen LogP) is 5.83. The highest BCUT2D eigenvalue weighted by molar-refractivity contribution is 5.25. The van der Waals surface area contributed by atoms with Gasteiger partial charge in [0, 0.05) is 26.3 Å². The lowest BCUT2D eigenvalue weighted by Gasteiger charge is -2.26. The van der Waals surface area contributed by atoms with E-state index in [0.29, 0.717) is 18.6 Å². The normalized spacial score (nSPS) is 12.3. The fourth-order valence-corrected chi connectivity index (χ4v) is 3.73. The summed E-state index contributed by atoms with van der Waals surface area (Å²) < 4.78 is 32.9. The molecular weight excluding hydrogens is 380 g/mol. The second kappa shape index (κ2) is 11.6. The average molecular weight is 410 g/mol. The first-order valence-corrected chi connectivity index (χ1v) is 10.4. The number of ether oxygens (including phenoxy) is 1. The molecule has 1 unspecified atom stereocenters. The Balaban J connectivity index is 1.73. The van der Waals surface area contributed by atoms with E-state index in [9.17, 15) is 8.78 Å². The number of nitrogens with zero attached hydrogens (tertiary/aromatic N) is 1. The van der Waals surface area contributed by atoms with Crippen LogP contribution in [-0.4, -0.2) is 31.7 Å². The monoisotopic (exact) mass is 409 g/mol. The molecule has 0 bridgehead atoms. The molecule has 158 valence electrons. The highest BCUT2D eigenvalue weighted by Gasteiger charge is 2.17. The van der Waals surface area contributed by atoms with Crippen LogP contribution in [0, 0.1) is 11.6 Å². The van der Waals surface area contributed by atoms with Gasteiger partial charge in [-0.1, -0.05) is 66.7 Å². The van der Waals surface area contributed by atoms with Crippen LogP contribution in [0.4, 0.5) is 8.78 Å². The van der Waals surface area contributed by atoms with Crippen molar-refractivity contribution >= 4 is 0 Å². The van der Waals surface area contributed by atoms with Crippen molar-refractivity contribution in [2.24, 2.45) is 0 Å². The number of benzene rings is 3. The molecule has 0 aliphatic heterocycles. The Hall–Kier alpha value is -2.56. The molecule has 0 saturated carbocycles. The van der Waals surface area contributed by atoms with Crippen LogP contribution >= 0.6 is 0 Å². The third-order valence-electron chi connectivity index (χ3n) is 5.41. The Morgan fingerprint density at radius 1 is 0.867 bits per heavy atom. The Labute approximate surface area is 178 Å². The maximum atomic E-state index is 14.3. The van der Waals surface area contributed by atoms with Gasteiger partial charge in [-0.05, 0) is 48.1 Å². The maximum absolute atomic E-state index is 14.3. The fraction of sp³-hybridized carbons (Fsp3) is 0.308. The van der Waals surface area contributed by atoms with E-state index in [1.807, 2.05) is 36.4 Å². The van der Waals surface area contributed by atoms with Crippen molar-refractivity contribution in [1.82, 2.24) is 4.90 Å². The van der Waals surface area contributed by atoms with Crippen LogP contribution in [0.2, 0.25) is 0 Å². The van der Waals surface area contributed by atoms with Gasteiger partial charge in [0.2, 0.25) is 0 Å². The Morgan fingerprint density at radius 3 is 2.23 bits per heavy atom. The summed E-state index contributed by atoms with van der Waals surface area (Å²) in [6.45, 7) is 3.20. The summed E-state index contributed by atoms with van der Waals surface area (Å²) in [5.74, 6) is -0.871. The Kier molecular flexibility index (Phi) is 8.54. The summed E-state index contributed by atoms with van der Waals surface area (Å²) in [5.41, 5.74) is 2.99. The highest BCUT2D eigenvalue weighted by atomic mass is 19.1. The maximum Gasteiger partial charge on any atom is 0.129 e. The van der Waals surface area contributed by atoms with E-state index in [0.717, 1.165) is 32.1 Å². The number of rotatable bonds is 11. The first kappa shape index (κ1) is 22.1. The highest BCUT2D eigenvalue weighted by Crippen LogP contribution is 2.26. The van der Waals surface area contributed by atoms with Gasteiger partial charge in [-0.2, -0.15) is 0 Å². The summed E-state index contributed by atoms with van der Waals surface area (Å²) in [6.07, 6.45) is 1.41. The molecule has 0 radical (unpaired) electrons. The third kappa shape index (κ3) is 6.75. The van der Waals surface area contributed by atoms with Crippen LogP contribution in [0.25, 0.3) is 0 Å². The minimum absolute atomic E-state index is 0.145. The van der Waals surface area contributed by atoms with Crippen molar-refractivity contribution in [3.8, 4) is 0 Å². The zero-order valence-electron chi connectivity index (χ0n) is 17.4. The lowest BCUT2D eigenvalue weighted by atomic mass is 9.89. The zero-order valence-corrected chi connectivity index (χ0v) is 17.4. The topological polar surface area (TPSA) is 12.5 Å². The molecular formula is C26H29F2NO. The van der Waals surface area contributed by atoms with E-state index in [1.54, 1.807) is 13.2 Å². The van der Waals surface area contributed by atoms with Gasteiger partial charge in [-0.3, -0.25) is 4.90 Å². The van der Waals surface area contributed by atoms with E-state index < -0.39 is 11.6 Å². The summed E-state index contributed by atoms with van der Waals surface area (Å²) >= 11 is 0. The minimum Gasteiger partial charge on any atom is -0.383 e. The van der Waals surface area contributed by atoms with Crippen LogP contribution in [0.1, 0.15) is 29.0 Å². The van der Waals surface area contributed by atoms with E-state index in [4.69, 9.17) is 4.74 Å². The molecule has 0 heterocycles. The molecule has 30 heavy (non-hydrogen) atoms. The van der Waals surface area contributed by atoms with Crippen molar-refractivity contribution in [3.05, 3.63) is 107 Å². The molecule has 3 rings (SSSR count). The van der Waals surface area contributed by atoms with Crippen molar-refractivity contribution < 1.29 is 13.5 Å². The van der Waals surface area contributed by atoms with Gasteiger partial charge < -0.3 is 4.74 Å². The van der Waals surface area contributed by atoms with Gasteiger partial charge >= 0.3 is 0 Å². The van der Waals surface area contributed by atoms with Gasteiger partial charge in [0.1, 0.15) is 11.6 Å². The first-order valence-electron chi connectivity index (χ1n) is 10.4. The Morgan fingerprint density at radius 2 is 1.57 bits per heavy atom. The number of hydrogen-bond donors (Lipinski definition) is 0. The van der Waals surface area contributed by atoms with Crippen LogP contribution in [0.5, 0.6) is 0 Å². The molecule has 0 amide bonds. The van der Waals surface area contributed by atoms with E-state index in [-0.39, 0.29) is 5.92 Å². The molecule has 3 aromatic carbocycles. The van der Waals surface area contributed by atoms with Gasteiger partial charge in [-0.25, -0.2) is 8.78 Å². The second-order valence-corrected chi connectivity index (χ2v) is 7.59. The molecule has 0 saturated heterocycles. The van der Waals surface area contributed by atoms with E-state index in [1.165, 1.54) is 17.2 Å². The number of methoxy groups -OCH3 is 1. The molecule has 2 nitrogen and oxygen atoms in total. The van der Waals surface area contributed by atoms with Crippen molar-refractivity contribution in [2.45, 2.75) is 25.3 Å². The first-order chi connectivity index (χ1) is 14.7. The summed E-state index contributed by atoms with van der Waals surface area (Å²) in [7, 11) is 1.71. The van der Waals surface area contributed by atoms with Crippen molar-refractivity contribution in [3.63, 3.8) is 0 Å². The largest absolute Gasteiger partial charge is 0.383 e. The summed E-state index contributed by atoms with van der Waals surface area (Å²) in [6, 6.07) is 24.4. The van der Waals surface area contributed by atoms with Gasteiger partial charge in [0.15, 0.2) is 0 Å². The minimum atomic E-state index is -0.541. The van der Waals surface area contributed by atoms with E-state index in [2.05, 4.69) is 29.2 Å². The van der Waals surface area contributed by atoms with Crippen LogP contribution in [0.3, 0.4) is 0 Å². The van der Waals surface area contributed by atoms with Gasteiger partial charge in [-0.15, -0.1) is 0 Å². The van der Waals surface area contributed by atoms with Crippen LogP contribution < -0.4 is 0 Å². The molecule has 0 fully saturated rings. The lowest BCUT2D eigenvalue weighted by molar-refractivity contribution is 0.141. The van der Waals surface area contributed by atoms with Crippen LogP contribution in [-0.2, 0) is 17.7 Å². The zero-order chi connectivity index (χ0) is 21.2. The molecule has 0 N–H and O–H groups in total. The van der Waals surface area contributed by atoms with Gasteiger partial charge in [0.05, 0.1) is 6.61 Å². The molecule has 1 atom stereocenters.